The second kappa shape index (κ2) is 10.4. The zero-order valence-corrected chi connectivity index (χ0v) is 17.2. The fourth-order valence-corrected chi connectivity index (χ4v) is 2.73. The summed E-state index contributed by atoms with van der Waals surface area (Å²) in [5.74, 6) is 2.74. The average molecular weight is 393 g/mol. The molecule has 1 aromatic heterocycles. The molecule has 0 aliphatic heterocycles. The molecule has 0 aliphatic rings. The average Bonchev–Trinajstić information content (AvgIpc) is 2.74. The largest absolute Gasteiger partial charge is 0.492 e. The molecule has 0 aliphatic carbocycles. The van der Waals surface area contributed by atoms with E-state index >= 15 is 0 Å². The molecule has 3 aromatic rings. The van der Waals surface area contributed by atoms with Crippen LogP contribution in [0.3, 0.4) is 0 Å². The first-order chi connectivity index (χ1) is 14.1. The first-order valence-corrected chi connectivity index (χ1v) is 9.74. The van der Waals surface area contributed by atoms with Crippen LogP contribution < -0.4 is 20.3 Å². The first-order valence-electron chi connectivity index (χ1n) is 9.74. The molecular formula is C22H28N6O. The van der Waals surface area contributed by atoms with Gasteiger partial charge in [-0.25, -0.2) is 0 Å². The van der Waals surface area contributed by atoms with Gasteiger partial charge in [0.25, 0.3) is 0 Å². The van der Waals surface area contributed by atoms with E-state index in [4.69, 9.17) is 4.74 Å². The van der Waals surface area contributed by atoms with E-state index in [-0.39, 0.29) is 6.04 Å². The van der Waals surface area contributed by atoms with Crippen LogP contribution >= 0.6 is 0 Å². The molecule has 0 saturated heterocycles. The standard InChI is InChI=1S/C22H28N6O/c1-17(18-10-6-4-7-11-18)24-21-25-20(26-22(27-21)28(2)3)16-23-14-15-29-19-12-8-5-9-13-19/h4-13,17,23H,14-16H2,1-3H3,(H,24,25,26,27)/t17-/m0/s1. The van der Waals surface area contributed by atoms with E-state index in [0.29, 0.717) is 37.4 Å². The zero-order valence-electron chi connectivity index (χ0n) is 17.2. The van der Waals surface area contributed by atoms with Crippen LogP contribution in [-0.2, 0) is 6.54 Å². The highest BCUT2D eigenvalue weighted by molar-refractivity contribution is 5.38. The Morgan fingerprint density at radius 3 is 2.31 bits per heavy atom. The Balaban J connectivity index is 1.57. The minimum absolute atomic E-state index is 0.0914. The molecule has 152 valence electrons. The molecule has 0 bridgehead atoms. The Bertz CT molecular complexity index is 873. The maximum absolute atomic E-state index is 5.70. The molecule has 0 amide bonds. The number of para-hydroxylation sites is 1. The van der Waals surface area contributed by atoms with Gasteiger partial charge < -0.3 is 20.3 Å². The number of benzene rings is 2. The lowest BCUT2D eigenvalue weighted by atomic mass is 10.1. The zero-order chi connectivity index (χ0) is 20.5. The molecule has 2 N–H and O–H groups in total. The van der Waals surface area contributed by atoms with Gasteiger partial charge in [-0.1, -0.05) is 48.5 Å². The molecule has 1 heterocycles. The van der Waals surface area contributed by atoms with Gasteiger partial charge in [-0.3, -0.25) is 0 Å². The molecule has 3 rings (SSSR count). The number of rotatable bonds is 10. The van der Waals surface area contributed by atoms with Gasteiger partial charge in [-0.2, -0.15) is 15.0 Å². The van der Waals surface area contributed by atoms with E-state index in [1.807, 2.05) is 67.5 Å². The fourth-order valence-electron chi connectivity index (χ4n) is 2.73. The SMILES string of the molecule is C[C@H](Nc1nc(CNCCOc2ccccc2)nc(N(C)C)n1)c1ccccc1. The van der Waals surface area contributed by atoms with Crippen LogP contribution in [0.15, 0.2) is 60.7 Å². The molecule has 7 nitrogen and oxygen atoms in total. The predicted octanol–water partition coefficient (Wildman–Crippen LogP) is 3.28. The first kappa shape index (κ1) is 20.5. The third-order valence-electron chi connectivity index (χ3n) is 4.29. The molecule has 29 heavy (non-hydrogen) atoms. The molecule has 0 radical (unpaired) electrons. The van der Waals surface area contributed by atoms with Crippen LogP contribution in [0, 0.1) is 0 Å². The third kappa shape index (κ3) is 6.43. The third-order valence-corrected chi connectivity index (χ3v) is 4.29. The predicted molar refractivity (Wildman–Crippen MR) is 116 cm³/mol. The van der Waals surface area contributed by atoms with Crippen molar-refractivity contribution in [3.63, 3.8) is 0 Å². The number of anilines is 2. The summed E-state index contributed by atoms with van der Waals surface area (Å²) in [6, 6.07) is 20.1. The van der Waals surface area contributed by atoms with Crippen molar-refractivity contribution >= 4 is 11.9 Å². The summed E-state index contributed by atoms with van der Waals surface area (Å²) in [5.41, 5.74) is 1.18. The van der Waals surface area contributed by atoms with Gasteiger partial charge in [0.1, 0.15) is 18.2 Å². The molecule has 0 unspecified atom stereocenters. The lowest BCUT2D eigenvalue weighted by Gasteiger charge is -2.17. The van der Waals surface area contributed by atoms with Crippen molar-refractivity contribution in [3.8, 4) is 5.75 Å². The lowest BCUT2D eigenvalue weighted by molar-refractivity contribution is 0.313. The van der Waals surface area contributed by atoms with Crippen molar-refractivity contribution in [3.05, 3.63) is 72.1 Å². The summed E-state index contributed by atoms with van der Waals surface area (Å²) in [4.78, 5) is 15.5. The van der Waals surface area contributed by atoms with Crippen LogP contribution in [0.4, 0.5) is 11.9 Å². The molecule has 2 aromatic carbocycles. The van der Waals surface area contributed by atoms with Crippen molar-refractivity contribution in [1.29, 1.82) is 0 Å². The Labute approximate surface area is 172 Å². The molecule has 1 atom stereocenters. The van der Waals surface area contributed by atoms with Gasteiger partial charge in [-0.05, 0) is 24.6 Å². The summed E-state index contributed by atoms with van der Waals surface area (Å²) >= 11 is 0. The summed E-state index contributed by atoms with van der Waals surface area (Å²) < 4.78 is 5.70. The molecule has 7 heteroatoms. The molecular weight excluding hydrogens is 364 g/mol. The normalized spacial score (nSPS) is 11.7. The summed E-state index contributed by atoms with van der Waals surface area (Å²) in [6.45, 7) is 3.90. The highest BCUT2D eigenvalue weighted by Crippen LogP contribution is 2.17. The van der Waals surface area contributed by atoms with Gasteiger partial charge in [-0.15, -0.1) is 0 Å². The Hall–Kier alpha value is -3.19. The summed E-state index contributed by atoms with van der Waals surface area (Å²) in [6.07, 6.45) is 0. The number of nitrogens with one attached hydrogen (secondary N) is 2. The van der Waals surface area contributed by atoms with E-state index < -0.39 is 0 Å². The van der Waals surface area contributed by atoms with E-state index in [0.717, 1.165) is 5.75 Å². The Kier molecular flexibility index (Phi) is 7.35. The Morgan fingerprint density at radius 2 is 1.62 bits per heavy atom. The van der Waals surface area contributed by atoms with E-state index in [2.05, 4.69) is 44.6 Å². The minimum Gasteiger partial charge on any atom is -0.492 e. The van der Waals surface area contributed by atoms with Crippen LogP contribution in [0.5, 0.6) is 5.75 Å². The lowest BCUT2D eigenvalue weighted by Crippen LogP contribution is -2.24. The highest BCUT2D eigenvalue weighted by Gasteiger charge is 2.11. The number of hydrogen-bond donors (Lipinski definition) is 2. The van der Waals surface area contributed by atoms with Gasteiger partial charge in [0.2, 0.25) is 11.9 Å². The molecule has 0 fully saturated rings. The highest BCUT2D eigenvalue weighted by atomic mass is 16.5. The van der Waals surface area contributed by atoms with Gasteiger partial charge in [0.05, 0.1) is 12.6 Å². The monoisotopic (exact) mass is 392 g/mol. The quantitative estimate of drug-likeness (QED) is 0.513. The van der Waals surface area contributed by atoms with E-state index in [1.54, 1.807) is 0 Å². The fraction of sp³-hybridized carbons (Fsp3) is 0.318. The van der Waals surface area contributed by atoms with Crippen LogP contribution in [0.25, 0.3) is 0 Å². The second-order valence-electron chi connectivity index (χ2n) is 6.88. The van der Waals surface area contributed by atoms with Gasteiger partial charge in [0, 0.05) is 20.6 Å². The van der Waals surface area contributed by atoms with Gasteiger partial charge >= 0.3 is 0 Å². The van der Waals surface area contributed by atoms with E-state index in [9.17, 15) is 0 Å². The van der Waals surface area contributed by atoms with Crippen LogP contribution in [0.2, 0.25) is 0 Å². The van der Waals surface area contributed by atoms with Crippen molar-refractivity contribution < 1.29 is 4.74 Å². The number of hydrogen-bond acceptors (Lipinski definition) is 7. The maximum atomic E-state index is 5.70. The second-order valence-corrected chi connectivity index (χ2v) is 6.88. The van der Waals surface area contributed by atoms with Gasteiger partial charge in [0.15, 0.2) is 0 Å². The van der Waals surface area contributed by atoms with Crippen molar-refractivity contribution in [2.24, 2.45) is 0 Å². The van der Waals surface area contributed by atoms with Crippen molar-refractivity contribution in [1.82, 2.24) is 20.3 Å². The number of aromatic nitrogens is 3. The number of ether oxygens (including phenoxy) is 1. The van der Waals surface area contributed by atoms with Crippen molar-refractivity contribution in [2.75, 3.05) is 37.5 Å². The smallest absolute Gasteiger partial charge is 0.229 e. The number of nitrogens with zero attached hydrogens (tertiary/aromatic N) is 4. The van der Waals surface area contributed by atoms with Crippen LogP contribution in [0.1, 0.15) is 24.4 Å². The Morgan fingerprint density at radius 1 is 0.931 bits per heavy atom. The van der Waals surface area contributed by atoms with Crippen LogP contribution in [-0.4, -0.2) is 42.2 Å². The topological polar surface area (TPSA) is 75.2 Å². The maximum Gasteiger partial charge on any atom is 0.229 e. The molecule has 0 saturated carbocycles. The summed E-state index contributed by atoms with van der Waals surface area (Å²) in [5, 5.41) is 6.70. The minimum atomic E-state index is 0.0914. The van der Waals surface area contributed by atoms with E-state index in [1.165, 1.54) is 5.56 Å². The molecule has 0 spiro atoms. The van der Waals surface area contributed by atoms with Crippen molar-refractivity contribution in [2.45, 2.75) is 19.5 Å². The summed E-state index contributed by atoms with van der Waals surface area (Å²) in [7, 11) is 3.84.